The number of rotatable bonds is 8. The van der Waals surface area contributed by atoms with Crippen molar-refractivity contribution in [2.45, 2.75) is 26.6 Å². The van der Waals surface area contributed by atoms with Crippen LogP contribution in [0.25, 0.3) is 0 Å². The minimum Gasteiger partial charge on any atom is -0.494 e. The van der Waals surface area contributed by atoms with Crippen LogP contribution in [0.15, 0.2) is 35.5 Å². The van der Waals surface area contributed by atoms with Gasteiger partial charge in [-0.2, -0.15) is 13.2 Å². The molecule has 1 aromatic carbocycles. The minimum atomic E-state index is -4.50. The monoisotopic (exact) mass is 410 g/mol. The summed E-state index contributed by atoms with van der Waals surface area (Å²) >= 11 is 0. The van der Waals surface area contributed by atoms with Crippen molar-refractivity contribution >= 4 is 11.9 Å². The van der Waals surface area contributed by atoms with Gasteiger partial charge in [0.05, 0.1) is 6.61 Å². The van der Waals surface area contributed by atoms with Gasteiger partial charge in [-0.15, -0.1) is 0 Å². The number of hydrogen-bond donors (Lipinski definition) is 3. The first kappa shape index (κ1) is 22.3. The lowest BCUT2D eigenvalue weighted by atomic mass is 10.1. The van der Waals surface area contributed by atoms with Crippen LogP contribution in [0.2, 0.25) is 0 Å². The highest BCUT2D eigenvalue weighted by Gasteiger charge is 2.32. The maximum absolute atomic E-state index is 12.7. The van der Waals surface area contributed by atoms with Crippen molar-refractivity contribution in [2.24, 2.45) is 4.99 Å². The summed E-state index contributed by atoms with van der Waals surface area (Å²) in [6.45, 7) is 5.75. The Hall–Kier alpha value is -3.04. The summed E-state index contributed by atoms with van der Waals surface area (Å²) in [6.07, 6.45) is -3.43. The third kappa shape index (κ3) is 7.13. The van der Waals surface area contributed by atoms with E-state index in [9.17, 15) is 13.2 Å². The Labute approximate surface area is 167 Å². The van der Waals surface area contributed by atoms with Crippen molar-refractivity contribution < 1.29 is 17.9 Å². The Kier molecular flexibility index (Phi) is 8.05. The van der Waals surface area contributed by atoms with Gasteiger partial charge >= 0.3 is 6.18 Å². The molecule has 1 aromatic heterocycles. The number of alkyl halides is 3. The van der Waals surface area contributed by atoms with Gasteiger partial charge in [0.25, 0.3) is 0 Å². The van der Waals surface area contributed by atoms with Crippen LogP contribution in [0.1, 0.15) is 23.7 Å². The predicted octanol–water partition coefficient (Wildman–Crippen LogP) is 2.98. The van der Waals surface area contributed by atoms with Gasteiger partial charge in [-0.05, 0) is 31.5 Å². The van der Waals surface area contributed by atoms with E-state index in [1.54, 1.807) is 7.05 Å². The summed E-state index contributed by atoms with van der Waals surface area (Å²) in [7, 11) is 1.64. The first-order chi connectivity index (χ1) is 13.8. The second kappa shape index (κ2) is 10.5. The molecule has 0 fully saturated rings. The Bertz CT molecular complexity index is 826. The fraction of sp³-hybridized carbons (Fsp3) is 0.421. The number of benzene rings is 1. The summed E-state index contributed by atoms with van der Waals surface area (Å²) < 4.78 is 43.7. The summed E-state index contributed by atoms with van der Waals surface area (Å²) in [5.41, 5.74) is 1.13. The van der Waals surface area contributed by atoms with Crippen molar-refractivity contribution in [1.82, 2.24) is 20.6 Å². The first-order valence-corrected chi connectivity index (χ1v) is 9.14. The third-order valence-electron chi connectivity index (χ3n) is 3.84. The van der Waals surface area contributed by atoms with Crippen LogP contribution in [0.4, 0.5) is 19.1 Å². The van der Waals surface area contributed by atoms with E-state index in [0.29, 0.717) is 32.2 Å². The molecule has 0 amide bonds. The van der Waals surface area contributed by atoms with E-state index < -0.39 is 11.9 Å². The number of guanidine groups is 1. The van der Waals surface area contributed by atoms with Gasteiger partial charge in [-0.3, -0.25) is 4.99 Å². The molecule has 2 aromatic rings. The molecule has 0 bridgehead atoms. The van der Waals surface area contributed by atoms with Gasteiger partial charge in [0.15, 0.2) is 5.96 Å². The number of ether oxygens (including phenoxy) is 1. The normalized spacial score (nSPS) is 11.9. The zero-order chi connectivity index (χ0) is 21.3. The predicted molar refractivity (Wildman–Crippen MR) is 106 cm³/mol. The molecule has 0 spiro atoms. The van der Waals surface area contributed by atoms with Gasteiger partial charge in [0.2, 0.25) is 5.95 Å². The van der Waals surface area contributed by atoms with E-state index in [2.05, 4.69) is 30.9 Å². The minimum absolute atomic E-state index is 0.0782. The van der Waals surface area contributed by atoms with Crippen LogP contribution in [-0.4, -0.2) is 42.7 Å². The number of anilines is 1. The summed E-state index contributed by atoms with van der Waals surface area (Å²) in [5.74, 6) is 1.30. The van der Waals surface area contributed by atoms with E-state index in [0.717, 1.165) is 29.1 Å². The topological polar surface area (TPSA) is 83.5 Å². The van der Waals surface area contributed by atoms with Crippen LogP contribution < -0.4 is 20.7 Å². The molecule has 29 heavy (non-hydrogen) atoms. The van der Waals surface area contributed by atoms with E-state index in [1.807, 2.05) is 32.0 Å². The molecule has 7 nitrogen and oxygen atoms in total. The Morgan fingerprint density at radius 3 is 2.66 bits per heavy atom. The molecule has 1 heterocycles. The van der Waals surface area contributed by atoms with Crippen LogP contribution in [0, 0.1) is 6.92 Å². The van der Waals surface area contributed by atoms with Gasteiger partial charge in [0.1, 0.15) is 11.4 Å². The molecule has 0 saturated carbocycles. The summed E-state index contributed by atoms with van der Waals surface area (Å²) in [6, 6.07) is 6.81. The average molecular weight is 410 g/mol. The van der Waals surface area contributed by atoms with E-state index in [1.165, 1.54) is 0 Å². The molecule has 0 aliphatic carbocycles. The number of nitrogens with zero attached hydrogens (tertiary/aromatic N) is 3. The number of aromatic nitrogens is 2. The largest absolute Gasteiger partial charge is 0.494 e. The summed E-state index contributed by atoms with van der Waals surface area (Å²) in [5, 5.41) is 9.01. The third-order valence-corrected chi connectivity index (χ3v) is 3.84. The molecule has 10 heteroatoms. The van der Waals surface area contributed by atoms with Gasteiger partial charge in [-0.1, -0.05) is 12.1 Å². The maximum atomic E-state index is 12.7. The van der Waals surface area contributed by atoms with Crippen LogP contribution in [0.3, 0.4) is 0 Å². The Morgan fingerprint density at radius 1 is 1.17 bits per heavy atom. The zero-order valence-corrected chi connectivity index (χ0v) is 16.6. The molecule has 2 rings (SSSR count). The van der Waals surface area contributed by atoms with Crippen LogP contribution in [-0.2, 0) is 12.7 Å². The van der Waals surface area contributed by atoms with Crippen molar-refractivity contribution in [3.05, 3.63) is 47.3 Å². The highest BCUT2D eigenvalue weighted by molar-refractivity contribution is 5.79. The standard InChI is InChI=1S/C19H25F3N6O/c1-4-29-15-11-13(2)5-6-14(15)12-27-17(23-3)25-9-10-26-18-24-8-7-16(28-18)19(20,21)22/h5-8,11H,4,9-10,12H2,1-3H3,(H2,23,25,27)(H,24,26,28). The SMILES string of the molecule is CCOc1cc(C)ccc1CNC(=NC)NCCNc1nccc(C(F)(F)F)n1. The fourth-order valence-corrected chi connectivity index (χ4v) is 2.45. The molecule has 0 radical (unpaired) electrons. The van der Waals surface area contributed by atoms with E-state index in [-0.39, 0.29) is 5.95 Å². The first-order valence-electron chi connectivity index (χ1n) is 9.14. The van der Waals surface area contributed by atoms with Crippen molar-refractivity contribution in [1.29, 1.82) is 0 Å². The molecular weight excluding hydrogens is 385 g/mol. The highest BCUT2D eigenvalue weighted by atomic mass is 19.4. The molecular formula is C19H25F3N6O. The lowest BCUT2D eigenvalue weighted by Gasteiger charge is -2.15. The number of aliphatic imine (C=N–C) groups is 1. The smallest absolute Gasteiger partial charge is 0.433 e. The Balaban J connectivity index is 1.82. The van der Waals surface area contributed by atoms with Crippen molar-refractivity contribution in [3.8, 4) is 5.75 Å². The lowest BCUT2D eigenvalue weighted by molar-refractivity contribution is -0.141. The van der Waals surface area contributed by atoms with E-state index in [4.69, 9.17) is 4.74 Å². The van der Waals surface area contributed by atoms with Gasteiger partial charge in [0, 0.05) is 38.4 Å². The second-order valence-electron chi connectivity index (χ2n) is 6.09. The van der Waals surface area contributed by atoms with Gasteiger partial charge in [-0.25, -0.2) is 9.97 Å². The molecule has 158 valence electrons. The summed E-state index contributed by atoms with van der Waals surface area (Å²) in [4.78, 5) is 11.4. The molecule has 0 atom stereocenters. The number of halogens is 3. The van der Waals surface area contributed by atoms with E-state index >= 15 is 0 Å². The van der Waals surface area contributed by atoms with Crippen LogP contribution >= 0.6 is 0 Å². The Morgan fingerprint density at radius 2 is 1.97 bits per heavy atom. The molecule has 0 aliphatic rings. The number of hydrogen-bond acceptors (Lipinski definition) is 5. The molecule has 0 aliphatic heterocycles. The fourth-order valence-electron chi connectivity index (χ4n) is 2.45. The van der Waals surface area contributed by atoms with Crippen molar-refractivity contribution in [2.75, 3.05) is 32.1 Å². The number of aryl methyl sites for hydroxylation is 1. The quantitative estimate of drug-likeness (QED) is 0.353. The maximum Gasteiger partial charge on any atom is 0.433 e. The molecule has 0 saturated heterocycles. The van der Waals surface area contributed by atoms with Crippen LogP contribution in [0.5, 0.6) is 5.75 Å². The lowest BCUT2D eigenvalue weighted by Crippen LogP contribution is -2.39. The second-order valence-corrected chi connectivity index (χ2v) is 6.09. The van der Waals surface area contributed by atoms with Gasteiger partial charge < -0.3 is 20.7 Å². The highest BCUT2D eigenvalue weighted by Crippen LogP contribution is 2.27. The molecule has 0 unspecified atom stereocenters. The number of nitrogens with one attached hydrogen (secondary N) is 3. The zero-order valence-electron chi connectivity index (χ0n) is 16.6. The average Bonchev–Trinajstić information content (AvgIpc) is 2.68. The van der Waals surface area contributed by atoms with Crippen molar-refractivity contribution in [3.63, 3.8) is 0 Å². The molecule has 3 N–H and O–H groups in total.